The SMILES string of the molecule is CC(C)NC(=O)NC(=O)CN(C)CC1CCCN1. The van der Waals surface area contributed by atoms with E-state index in [1.807, 2.05) is 25.8 Å². The van der Waals surface area contributed by atoms with Gasteiger partial charge >= 0.3 is 6.03 Å². The van der Waals surface area contributed by atoms with Crippen LogP contribution in [0.5, 0.6) is 0 Å². The number of hydrogen-bond acceptors (Lipinski definition) is 4. The topological polar surface area (TPSA) is 73.5 Å². The summed E-state index contributed by atoms with van der Waals surface area (Å²) in [5, 5.41) is 8.31. The summed E-state index contributed by atoms with van der Waals surface area (Å²) < 4.78 is 0. The minimum absolute atomic E-state index is 0.0261. The van der Waals surface area contributed by atoms with Crippen LogP contribution in [0.1, 0.15) is 26.7 Å². The van der Waals surface area contributed by atoms with Gasteiger partial charge in [0.05, 0.1) is 6.54 Å². The Kier molecular flexibility index (Phi) is 6.07. The molecule has 1 rings (SSSR count). The first kappa shape index (κ1) is 14.9. The van der Waals surface area contributed by atoms with Crippen LogP contribution in [0.4, 0.5) is 4.79 Å². The van der Waals surface area contributed by atoms with Crippen molar-refractivity contribution in [3.05, 3.63) is 0 Å². The highest BCUT2D eigenvalue weighted by Gasteiger charge is 2.17. The average molecular weight is 256 g/mol. The van der Waals surface area contributed by atoms with Crippen LogP contribution in [-0.2, 0) is 4.79 Å². The third-order valence-electron chi connectivity index (χ3n) is 2.78. The number of nitrogens with zero attached hydrogens (tertiary/aromatic N) is 1. The van der Waals surface area contributed by atoms with Gasteiger partial charge in [0.1, 0.15) is 0 Å². The van der Waals surface area contributed by atoms with Gasteiger partial charge in [0.2, 0.25) is 5.91 Å². The summed E-state index contributed by atoms with van der Waals surface area (Å²) in [6.07, 6.45) is 2.35. The van der Waals surface area contributed by atoms with Gasteiger partial charge in [-0.3, -0.25) is 15.0 Å². The van der Waals surface area contributed by atoms with E-state index in [9.17, 15) is 9.59 Å². The van der Waals surface area contributed by atoms with E-state index in [2.05, 4.69) is 16.0 Å². The van der Waals surface area contributed by atoms with Crippen LogP contribution in [-0.4, -0.2) is 55.6 Å². The van der Waals surface area contributed by atoms with Crippen LogP contribution in [0.25, 0.3) is 0 Å². The molecular weight excluding hydrogens is 232 g/mol. The van der Waals surface area contributed by atoms with Crippen molar-refractivity contribution in [1.29, 1.82) is 0 Å². The van der Waals surface area contributed by atoms with Gasteiger partial charge in [-0.2, -0.15) is 0 Å². The molecule has 0 spiro atoms. The molecule has 1 atom stereocenters. The predicted molar refractivity (Wildman–Crippen MR) is 70.3 cm³/mol. The highest BCUT2D eigenvalue weighted by molar-refractivity contribution is 5.95. The molecular formula is C12H24N4O2. The second-order valence-corrected chi connectivity index (χ2v) is 5.17. The summed E-state index contributed by atoms with van der Waals surface area (Å²) in [5.74, 6) is -0.270. The lowest BCUT2D eigenvalue weighted by atomic mass is 10.2. The monoisotopic (exact) mass is 256 g/mol. The van der Waals surface area contributed by atoms with Crippen molar-refractivity contribution in [2.75, 3.05) is 26.7 Å². The molecule has 0 bridgehead atoms. The minimum atomic E-state index is -0.428. The number of carbonyl (C=O) groups is 2. The second kappa shape index (κ2) is 7.33. The van der Waals surface area contributed by atoms with Crippen molar-refractivity contribution in [2.45, 2.75) is 38.8 Å². The Bertz CT molecular complexity index is 288. The Morgan fingerprint density at radius 1 is 1.44 bits per heavy atom. The highest BCUT2D eigenvalue weighted by Crippen LogP contribution is 2.05. The van der Waals surface area contributed by atoms with Gasteiger partial charge in [0.15, 0.2) is 0 Å². The number of carbonyl (C=O) groups excluding carboxylic acids is 2. The fourth-order valence-corrected chi connectivity index (χ4v) is 2.06. The zero-order valence-corrected chi connectivity index (χ0v) is 11.5. The summed E-state index contributed by atoms with van der Waals surface area (Å²) in [6.45, 7) is 5.83. The molecule has 0 aromatic carbocycles. The van der Waals surface area contributed by atoms with Crippen molar-refractivity contribution in [1.82, 2.24) is 20.9 Å². The normalized spacial score (nSPS) is 19.3. The molecule has 0 radical (unpaired) electrons. The maximum atomic E-state index is 11.6. The Balaban J connectivity index is 2.19. The standard InChI is InChI=1S/C12H24N4O2/c1-9(2)14-12(18)15-11(17)8-16(3)7-10-5-4-6-13-10/h9-10,13H,4-8H2,1-3H3,(H2,14,15,17,18). The first-order valence-corrected chi connectivity index (χ1v) is 6.49. The Morgan fingerprint density at radius 3 is 2.72 bits per heavy atom. The lowest BCUT2D eigenvalue weighted by molar-refractivity contribution is -0.120. The van der Waals surface area contributed by atoms with E-state index < -0.39 is 6.03 Å². The number of hydrogen-bond donors (Lipinski definition) is 3. The number of imide groups is 1. The molecule has 1 aliphatic heterocycles. The lowest BCUT2D eigenvalue weighted by Crippen LogP contribution is -2.47. The Hall–Kier alpha value is -1.14. The minimum Gasteiger partial charge on any atom is -0.336 e. The second-order valence-electron chi connectivity index (χ2n) is 5.17. The molecule has 3 amide bonds. The van der Waals surface area contributed by atoms with Crippen LogP contribution in [0, 0.1) is 0 Å². The largest absolute Gasteiger partial charge is 0.336 e. The van der Waals surface area contributed by atoms with Crippen molar-refractivity contribution in [2.24, 2.45) is 0 Å². The van der Waals surface area contributed by atoms with Gasteiger partial charge in [-0.15, -0.1) is 0 Å². The summed E-state index contributed by atoms with van der Waals surface area (Å²) in [4.78, 5) is 24.8. The molecule has 18 heavy (non-hydrogen) atoms. The highest BCUT2D eigenvalue weighted by atomic mass is 16.2. The number of urea groups is 1. The molecule has 1 saturated heterocycles. The van der Waals surface area contributed by atoms with Gasteiger partial charge < -0.3 is 10.6 Å². The first-order valence-electron chi connectivity index (χ1n) is 6.49. The molecule has 0 aromatic heterocycles. The van der Waals surface area contributed by atoms with Crippen molar-refractivity contribution in [3.8, 4) is 0 Å². The molecule has 3 N–H and O–H groups in total. The molecule has 1 unspecified atom stereocenters. The average Bonchev–Trinajstić information content (AvgIpc) is 2.67. The van der Waals surface area contributed by atoms with E-state index >= 15 is 0 Å². The molecule has 0 aromatic rings. The molecule has 1 fully saturated rings. The fraction of sp³-hybridized carbons (Fsp3) is 0.833. The van der Waals surface area contributed by atoms with Crippen LogP contribution in [0.2, 0.25) is 0 Å². The van der Waals surface area contributed by atoms with Crippen LogP contribution in [0.15, 0.2) is 0 Å². The first-order chi connectivity index (χ1) is 8.47. The maximum Gasteiger partial charge on any atom is 0.321 e. The molecule has 6 heteroatoms. The zero-order chi connectivity index (χ0) is 13.5. The molecule has 1 heterocycles. The van der Waals surface area contributed by atoms with Crippen molar-refractivity contribution < 1.29 is 9.59 Å². The zero-order valence-electron chi connectivity index (χ0n) is 11.5. The fourth-order valence-electron chi connectivity index (χ4n) is 2.06. The predicted octanol–water partition coefficient (Wildman–Crippen LogP) is -0.0956. The number of rotatable bonds is 5. The quantitative estimate of drug-likeness (QED) is 0.642. The molecule has 6 nitrogen and oxygen atoms in total. The lowest BCUT2D eigenvalue weighted by Gasteiger charge is -2.20. The van der Waals surface area contributed by atoms with Crippen molar-refractivity contribution in [3.63, 3.8) is 0 Å². The molecule has 0 aliphatic carbocycles. The molecule has 104 valence electrons. The van der Waals surface area contributed by atoms with Gasteiger partial charge in [0, 0.05) is 18.6 Å². The molecule has 1 aliphatic rings. The third kappa shape index (κ3) is 5.97. The Morgan fingerprint density at radius 2 is 2.17 bits per heavy atom. The van der Waals surface area contributed by atoms with E-state index in [1.165, 1.54) is 6.42 Å². The van der Waals surface area contributed by atoms with E-state index in [1.54, 1.807) is 0 Å². The van der Waals surface area contributed by atoms with Gasteiger partial charge in [-0.25, -0.2) is 4.79 Å². The third-order valence-corrected chi connectivity index (χ3v) is 2.78. The number of likely N-dealkylation sites (N-methyl/N-ethyl adjacent to an activating group) is 1. The van der Waals surface area contributed by atoms with E-state index in [4.69, 9.17) is 0 Å². The number of amides is 3. The summed E-state index contributed by atoms with van der Waals surface area (Å²) in [7, 11) is 1.89. The smallest absolute Gasteiger partial charge is 0.321 e. The van der Waals surface area contributed by atoms with Gasteiger partial charge in [-0.05, 0) is 40.3 Å². The van der Waals surface area contributed by atoms with E-state index in [0.29, 0.717) is 6.04 Å². The summed E-state index contributed by atoms with van der Waals surface area (Å²) >= 11 is 0. The van der Waals surface area contributed by atoms with Crippen LogP contribution < -0.4 is 16.0 Å². The van der Waals surface area contributed by atoms with Crippen LogP contribution in [0.3, 0.4) is 0 Å². The van der Waals surface area contributed by atoms with Gasteiger partial charge in [0.25, 0.3) is 0 Å². The summed E-state index contributed by atoms with van der Waals surface area (Å²) in [6, 6.07) is 0.0629. The Labute approximate surface area is 108 Å². The molecule has 0 saturated carbocycles. The van der Waals surface area contributed by atoms with Crippen molar-refractivity contribution >= 4 is 11.9 Å². The van der Waals surface area contributed by atoms with E-state index in [0.717, 1.165) is 19.5 Å². The number of nitrogens with one attached hydrogen (secondary N) is 3. The maximum absolute atomic E-state index is 11.6. The van der Waals surface area contributed by atoms with Crippen LogP contribution >= 0.6 is 0 Å². The summed E-state index contributed by atoms with van der Waals surface area (Å²) in [5.41, 5.74) is 0. The van der Waals surface area contributed by atoms with E-state index in [-0.39, 0.29) is 18.5 Å². The van der Waals surface area contributed by atoms with Gasteiger partial charge in [-0.1, -0.05) is 0 Å².